The molecule has 4 aliphatic rings. The van der Waals surface area contributed by atoms with E-state index < -0.39 is 28.6 Å². The summed E-state index contributed by atoms with van der Waals surface area (Å²) >= 11 is 0. The van der Waals surface area contributed by atoms with Crippen LogP contribution in [0.3, 0.4) is 0 Å². The molecule has 2 aliphatic heterocycles. The molecule has 2 aromatic rings. The van der Waals surface area contributed by atoms with E-state index in [1.165, 1.54) is 31.4 Å². The molecule has 0 radical (unpaired) electrons. The summed E-state index contributed by atoms with van der Waals surface area (Å²) in [6.45, 7) is 2.33. The maximum atomic E-state index is 15.8. The van der Waals surface area contributed by atoms with Gasteiger partial charge < -0.3 is 19.5 Å². The molecule has 6 rings (SSSR count). The number of halogens is 1. The molecular formula is C29H28FN3O5. The predicted octanol–water partition coefficient (Wildman–Crippen LogP) is 3.05. The Balaban J connectivity index is 1.43. The van der Waals surface area contributed by atoms with Gasteiger partial charge in [0, 0.05) is 31.4 Å². The molecule has 0 amide bonds. The van der Waals surface area contributed by atoms with Crippen molar-refractivity contribution in [2.24, 2.45) is 5.92 Å². The van der Waals surface area contributed by atoms with Crippen LogP contribution in [0.15, 0.2) is 53.0 Å². The van der Waals surface area contributed by atoms with Gasteiger partial charge in [-0.1, -0.05) is 12.2 Å². The van der Waals surface area contributed by atoms with Crippen molar-refractivity contribution in [2.75, 3.05) is 31.6 Å². The number of carbonyl (C=O) groups is 3. The number of nitrogens with zero attached hydrogens (tertiary/aromatic N) is 2. The Morgan fingerprint density at radius 1 is 1.13 bits per heavy atom. The van der Waals surface area contributed by atoms with E-state index in [0.29, 0.717) is 47.6 Å². The summed E-state index contributed by atoms with van der Waals surface area (Å²) < 4.78 is 23.4. The number of piperidine rings is 1. The first-order valence-electron chi connectivity index (χ1n) is 13.0. The number of benzene rings is 1. The number of rotatable bonds is 6. The van der Waals surface area contributed by atoms with Gasteiger partial charge in [0.1, 0.15) is 5.69 Å². The van der Waals surface area contributed by atoms with E-state index in [0.717, 1.165) is 44.4 Å². The fourth-order valence-corrected chi connectivity index (χ4v) is 5.87. The maximum absolute atomic E-state index is 15.8. The number of methoxy groups -OCH3 is 1. The van der Waals surface area contributed by atoms with Crippen LogP contribution in [-0.4, -0.2) is 54.7 Å². The van der Waals surface area contributed by atoms with Gasteiger partial charge in [-0.15, -0.1) is 0 Å². The average molecular weight is 518 g/mol. The van der Waals surface area contributed by atoms with E-state index in [1.54, 1.807) is 6.20 Å². The molecule has 3 fully saturated rings. The standard InChI is InChI=1S/C29H28FN3O5/c1-38-29-26-19(12-21(30)27(29)32-13-17-3-2-10-31-22(17)15-32)28(37)20(14-33(26)18-6-7-18)23(34)8-4-16-5-9-24(35)25(36)11-16/h4-5,8-9,11-12,14,17-18,22,31H,2-3,6-7,10,13,15H2,1H3/b8-4+. The largest absolute Gasteiger partial charge is 0.492 e. The molecule has 8 nitrogen and oxygen atoms in total. The molecule has 3 heterocycles. The molecule has 1 aromatic heterocycles. The van der Waals surface area contributed by atoms with Gasteiger partial charge in [-0.2, -0.15) is 0 Å². The maximum Gasteiger partial charge on any atom is 0.226 e. The summed E-state index contributed by atoms with van der Waals surface area (Å²) in [6.07, 6.45) is 11.8. The molecule has 1 saturated carbocycles. The molecule has 38 heavy (non-hydrogen) atoms. The van der Waals surface area contributed by atoms with Crippen molar-refractivity contribution in [3.8, 4) is 5.75 Å². The van der Waals surface area contributed by atoms with Crippen LogP contribution in [0.1, 0.15) is 42.1 Å². The third-order valence-electron chi connectivity index (χ3n) is 7.92. The lowest BCUT2D eigenvalue weighted by molar-refractivity contribution is -0.131. The van der Waals surface area contributed by atoms with Crippen LogP contribution in [0.2, 0.25) is 0 Å². The minimum atomic E-state index is -0.673. The van der Waals surface area contributed by atoms with Crippen molar-refractivity contribution in [2.45, 2.75) is 37.8 Å². The minimum Gasteiger partial charge on any atom is -0.492 e. The van der Waals surface area contributed by atoms with E-state index in [1.807, 2.05) is 9.47 Å². The Morgan fingerprint density at radius 3 is 2.66 bits per heavy atom. The fourth-order valence-electron chi connectivity index (χ4n) is 5.87. The molecule has 9 heteroatoms. The van der Waals surface area contributed by atoms with Crippen LogP contribution < -0.4 is 20.4 Å². The lowest BCUT2D eigenvalue weighted by atomic mass is 9.94. The second kappa shape index (κ2) is 9.47. The number of ether oxygens (including phenoxy) is 1. The number of allylic oxidation sites excluding steroid dienone is 6. The SMILES string of the molecule is COc1c(N2CC3CCCNC3C2)c(F)cc2c(=O)c(C(=O)/C=C/C3=CC(=O)C(=O)C=C3)cn(C3CC3)c12. The number of anilines is 1. The van der Waals surface area contributed by atoms with Crippen LogP contribution in [0.5, 0.6) is 5.75 Å². The van der Waals surface area contributed by atoms with Gasteiger partial charge in [0.05, 0.1) is 23.6 Å². The quantitative estimate of drug-likeness (QED) is 0.272. The smallest absolute Gasteiger partial charge is 0.226 e. The van der Waals surface area contributed by atoms with Gasteiger partial charge in [-0.05, 0) is 68.0 Å². The fraction of sp³-hybridized carbons (Fsp3) is 0.379. The monoisotopic (exact) mass is 517 g/mol. The average Bonchev–Trinajstić information content (AvgIpc) is 3.67. The highest BCUT2D eigenvalue weighted by atomic mass is 19.1. The molecule has 0 spiro atoms. The first-order valence-corrected chi connectivity index (χ1v) is 13.0. The lowest BCUT2D eigenvalue weighted by Gasteiger charge is -2.25. The van der Waals surface area contributed by atoms with Crippen molar-refractivity contribution in [1.29, 1.82) is 0 Å². The van der Waals surface area contributed by atoms with Crippen molar-refractivity contribution in [3.63, 3.8) is 0 Å². The summed E-state index contributed by atoms with van der Waals surface area (Å²) in [5, 5.41) is 3.63. The zero-order valence-corrected chi connectivity index (χ0v) is 21.0. The van der Waals surface area contributed by atoms with Crippen LogP contribution in [0.4, 0.5) is 10.1 Å². The Kier molecular flexibility index (Phi) is 6.10. The molecule has 0 bridgehead atoms. The number of nitrogens with one attached hydrogen (secondary N) is 1. The van der Waals surface area contributed by atoms with Gasteiger partial charge in [0.15, 0.2) is 17.3 Å². The zero-order chi connectivity index (χ0) is 26.6. The van der Waals surface area contributed by atoms with Gasteiger partial charge in [0.2, 0.25) is 17.0 Å². The highest BCUT2D eigenvalue weighted by Crippen LogP contribution is 2.45. The van der Waals surface area contributed by atoms with Crippen molar-refractivity contribution in [3.05, 3.63) is 69.8 Å². The Hall–Kier alpha value is -3.85. The third-order valence-corrected chi connectivity index (χ3v) is 7.92. The Labute approximate surface area is 218 Å². The van der Waals surface area contributed by atoms with Crippen LogP contribution in [0, 0.1) is 11.7 Å². The topological polar surface area (TPSA) is 97.7 Å². The summed E-state index contributed by atoms with van der Waals surface area (Å²) in [5.74, 6) is -1.67. The first kappa shape index (κ1) is 24.5. The summed E-state index contributed by atoms with van der Waals surface area (Å²) in [4.78, 5) is 51.7. The van der Waals surface area contributed by atoms with E-state index in [9.17, 15) is 19.2 Å². The predicted molar refractivity (Wildman–Crippen MR) is 140 cm³/mol. The second-order valence-corrected chi connectivity index (χ2v) is 10.4. The Bertz CT molecular complexity index is 1520. The molecule has 2 aliphatic carbocycles. The van der Waals surface area contributed by atoms with E-state index in [4.69, 9.17) is 4.74 Å². The molecule has 1 N–H and O–H groups in total. The number of aromatic nitrogens is 1. The van der Waals surface area contributed by atoms with E-state index >= 15 is 4.39 Å². The molecule has 2 atom stereocenters. The molecule has 1 aromatic carbocycles. The summed E-state index contributed by atoms with van der Waals surface area (Å²) in [5.41, 5.74) is 0.575. The second-order valence-electron chi connectivity index (χ2n) is 10.4. The van der Waals surface area contributed by atoms with Crippen molar-refractivity contribution < 1.29 is 23.5 Å². The summed E-state index contributed by atoms with van der Waals surface area (Å²) in [7, 11) is 1.49. The third kappa shape index (κ3) is 4.20. The number of fused-ring (bicyclic) bond motifs is 2. The number of hydrogen-bond acceptors (Lipinski definition) is 7. The normalized spacial score (nSPS) is 23.3. The zero-order valence-electron chi connectivity index (χ0n) is 21.0. The minimum absolute atomic E-state index is 0.0799. The Morgan fingerprint density at radius 2 is 1.95 bits per heavy atom. The van der Waals surface area contributed by atoms with Crippen LogP contribution >= 0.6 is 0 Å². The lowest BCUT2D eigenvalue weighted by Crippen LogP contribution is -2.40. The summed E-state index contributed by atoms with van der Waals surface area (Å²) in [6, 6.07) is 1.61. The van der Waals surface area contributed by atoms with Gasteiger partial charge >= 0.3 is 0 Å². The number of ketones is 3. The van der Waals surface area contributed by atoms with Gasteiger partial charge in [0.25, 0.3) is 0 Å². The van der Waals surface area contributed by atoms with Crippen molar-refractivity contribution >= 4 is 33.9 Å². The van der Waals surface area contributed by atoms with E-state index in [2.05, 4.69) is 5.32 Å². The van der Waals surface area contributed by atoms with Crippen LogP contribution in [-0.2, 0) is 9.59 Å². The van der Waals surface area contributed by atoms with Crippen molar-refractivity contribution in [1.82, 2.24) is 9.88 Å². The number of hydrogen-bond donors (Lipinski definition) is 1. The highest BCUT2D eigenvalue weighted by Gasteiger charge is 2.38. The van der Waals surface area contributed by atoms with Gasteiger partial charge in [-0.25, -0.2) is 4.39 Å². The van der Waals surface area contributed by atoms with Crippen LogP contribution in [0.25, 0.3) is 10.9 Å². The molecule has 196 valence electrons. The van der Waals surface area contributed by atoms with Gasteiger partial charge in [-0.3, -0.25) is 19.2 Å². The first-order chi connectivity index (χ1) is 18.4. The molecule has 2 unspecified atom stereocenters. The van der Waals surface area contributed by atoms with E-state index in [-0.39, 0.29) is 17.0 Å². The molecular weight excluding hydrogens is 489 g/mol. The highest BCUT2D eigenvalue weighted by molar-refractivity contribution is 6.46. The number of carbonyl (C=O) groups excluding carboxylic acids is 3. The molecule has 2 saturated heterocycles. The number of pyridine rings is 1.